The van der Waals surface area contributed by atoms with Crippen LogP contribution in [0.1, 0.15) is 65.2 Å². The largest absolute Gasteiger partial charge is 0.464 e. The molecule has 4 rings (SSSR count). The van der Waals surface area contributed by atoms with Gasteiger partial charge in [0.2, 0.25) is 12.2 Å². The Morgan fingerprint density at radius 1 is 0.778 bits per heavy atom. The SMILES string of the molecule is CCOC(=O)C1OC2(OCCCCCCOC34CCCN3C(=O)C(C(=O)OCC)O4)CCCN2C1=O. The maximum absolute atomic E-state index is 12.6. The summed E-state index contributed by atoms with van der Waals surface area (Å²) in [7, 11) is 0. The Kier molecular flexibility index (Phi) is 8.48. The van der Waals surface area contributed by atoms with Crippen molar-refractivity contribution in [1.82, 2.24) is 9.80 Å². The van der Waals surface area contributed by atoms with Crippen molar-refractivity contribution >= 4 is 23.8 Å². The molecule has 0 aromatic heterocycles. The number of rotatable bonds is 13. The maximum atomic E-state index is 12.6. The van der Waals surface area contributed by atoms with Crippen molar-refractivity contribution < 1.29 is 47.6 Å². The fourth-order valence-electron chi connectivity index (χ4n) is 5.21. The Labute approximate surface area is 210 Å². The van der Waals surface area contributed by atoms with E-state index in [1.807, 2.05) is 0 Å². The van der Waals surface area contributed by atoms with Gasteiger partial charge in [0.25, 0.3) is 23.6 Å². The van der Waals surface area contributed by atoms with E-state index in [-0.39, 0.29) is 13.2 Å². The molecule has 202 valence electrons. The molecule has 4 saturated heterocycles. The molecule has 4 heterocycles. The summed E-state index contributed by atoms with van der Waals surface area (Å²) >= 11 is 0. The second-order valence-corrected chi connectivity index (χ2v) is 9.22. The Balaban J connectivity index is 1.16. The zero-order valence-corrected chi connectivity index (χ0v) is 21.0. The van der Waals surface area contributed by atoms with Crippen LogP contribution in [0, 0.1) is 0 Å². The Bertz CT molecular complexity index is 785. The molecule has 0 saturated carbocycles. The van der Waals surface area contributed by atoms with E-state index in [1.165, 1.54) is 9.80 Å². The second kappa shape index (κ2) is 11.4. The lowest BCUT2D eigenvalue weighted by molar-refractivity contribution is -0.272. The van der Waals surface area contributed by atoms with E-state index in [0.717, 1.165) is 38.5 Å². The van der Waals surface area contributed by atoms with Crippen LogP contribution in [0.5, 0.6) is 0 Å². The standard InChI is InChI=1S/C24H36N2O10/c1-3-31-21(29)17-19(27)25-13-9-11-23(25,35-17)33-15-7-5-6-8-16-34-24-12-10-14-26(24)20(28)18(36-24)22(30)32-4-2/h17-18H,3-16H2,1-2H3. The van der Waals surface area contributed by atoms with Gasteiger partial charge in [-0.15, -0.1) is 0 Å². The average Bonchev–Trinajstić information content (AvgIpc) is 3.58. The number of carbonyl (C=O) groups is 4. The van der Waals surface area contributed by atoms with Crippen LogP contribution < -0.4 is 0 Å². The number of esters is 2. The number of ether oxygens (including phenoxy) is 6. The number of unbranched alkanes of at least 4 members (excludes halogenated alkanes) is 3. The molecule has 0 aromatic carbocycles. The third-order valence-electron chi connectivity index (χ3n) is 6.85. The van der Waals surface area contributed by atoms with E-state index in [0.29, 0.717) is 39.1 Å². The van der Waals surface area contributed by atoms with Crippen LogP contribution in [-0.2, 0) is 47.6 Å². The van der Waals surface area contributed by atoms with Gasteiger partial charge >= 0.3 is 11.9 Å². The predicted octanol–water partition coefficient (Wildman–Crippen LogP) is 1.06. The molecule has 0 N–H and O–H groups in total. The molecule has 12 heteroatoms. The molecular weight excluding hydrogens is 476 g/mol. The van der Waals surface area contributed by atoms with Crippen LogP contribution in [-0.4, -0.2) is 97.1 Å². The highest BCUT2D eigenvalue weighted by Gasteiger charge is 2.59. The minimum absolute atomic E-state index is 0.178. The fraction of sp³-hybridized carbons (Fsp3) is 0.833. The third kappa shape index (κ3) is 5.09. The number of fused-ring (bicyclic) bond motifs is 2. The lowest BCUT2D eigenvalue weighted by Crippen LogP contribution is -2.44. The molecule has 12 nitrogen and oxygen atoms in total. The molecule has 4 aliphatic rings. The van der Waals surface area contributed by atoms with Crippen molar-refractivity contribution in [2.45, 2.75) is 89.2 Å². The molecule has 36 heavy (non-hydrogen) atoms. The summed E-state index contributed by atoms with van der Waals surface area (Å²) in [6, 6.07) is 0. The highest BCUT2D eigenvalue weighted by Crippen LogP contribution is 2.40. The number of amides is 2. The number of carbonyl (C=O) groups excluding carboxylic acids is 4. The summed E-state index contributed by atoms with van der Waals surface area (Å²) in [6.45, 7) is 5.47. The van der Waals surface area contributed by atoms with E-state index in [4.69, 9.17) is 28.4 Å². The minimum Gasteiger partial charge on any atom is -0.464 e. The van der Waals surface area contributed by atoms with Crippen LogP contribution in [0.25, 0.3) is 0 Å². The molecule has 4 unspecified atom stereocenters. The first kappa shape index (κ1) is 26.8. The van der Waals surface area contributed by atoms with Crippen molar-refractivity contribution in [2.24, 2.45) is 0 Å². The van der Waals surface area contributed by atoms with Crippen molar-refractivity contribution in [2.75, 3.05) is 39.5 Å². The predicted molar refractivity (Wildman–Crippen MR) is 121 cm³/mol. The summed E-state index contributed by atoms with van der Waals surface area (Å²) in [5, 5.41) is 0. The van der Waals surface area contributed by atoms with Crippen molar-refractivity contribution in [3.05, 3.63) is 0 Å². The zero-order valence-electron chi connectivity index (χ0n) is 21.0. The lowest BCUT2D eigenvalue weighted by Gasteiger charge is -2.30. The molecule has 2 amide bonds. The monoisotopic (exact) mass is 512 g/mol. The molecule has 0 aliphatic carbocycles. The highest BCUT2D eigenvalue weighted by atomic mass is 16.8. The topological polar surface area (TPSA) is 130 Å². The Hall–Kier alpha value is -2.28. The van der Waals surface area contributed by atoms with E-state index >= 15 is 0 Å². The van der Waals surface area contributed by atoms with Gasteiger partial charge < -0.3 is 28.4 Å². The summed E-state index contributed by atoms with van der Waals surface area (Å²) in [4.78, 5) is 52.2. The smallest absolute Gasteiger partial charge is 0.345 e. The van der Waals surface area contributed by atoms with Crippen molar-refractivity contribution in [1.29, 1.82) is 0 Å². The minimum atomic E-state index is -1.26. The molecule has 0 aromatic rings. The quantitative estimate of drug-likeness (QED) is 0.201. The Morgan fingerprint density at radius 3 is 1.58 bits per heavy atom. The Morgan fingerprint density at radius 2 is 1.19 bits per heavy atom. The normalized spacial score (nSPS) is 31.2. The van der Waals surface area contributed by atoms with Crippen molar-refractivity contribution in [3.63, 3.8) is 0 Å². The van der Waals surface area contributed by atoms with E-state index in [1.54, 1.807) is 13.8 Å². The van der Waals surface area contributed by atoms with Gasteiger partial charge in [0.05, 0.1) is 26.4 Å². The van der Waals surface area contributed by atoms with E-state index in [9.17, 15) is 19.2 Å². The molecule has 0 radical (unpaired) electrons. The number of hydrogen-bond acceptors (Lipinski definition) is 10. The van der Waals surface area contributed by atoms with Gasteiger partial charge in [0.15, 0.2) is 0 Å². The van der Waals surface area contributed by atoms with Gasteiger partial charge in [-0.3, -0.25) is 19.4 Å². The molecule has 4 atom stereocenters. The molecule has 4 aliphatic heterocycles. The van der Waals surface area contributed by atoms with E-state index < -0.39 is 47.8 Å². The van der Waals surface area contributed by atoms with Crippen molar-refractivity contribution in [3.8, 4) is 0 Å². The van der Waals surface area contributed by atoms with Gasteiger partial charge in [-0.1, -0.05) is 12.8 Å². The molecule has 0 spiro atoms. The number of hydrogen-bond donors (Lipinski definition) is 0. The third-order valence-corrected chi connectivity index (χ3v) is 6.85. The second-order valence-electron chi connectivity index (χ2n) is 9.22. The first-order valence-corrected chi connectivity index (χ1v) is 13.0. The fourth-order valence-corrected chi connectivity index (χ4v) is 5.21. The summed E-state index contributed by atoms with van der Waals surface area (Å²) in [5.74, 6) is -4.51. The summed E-state index contributed by atoms with van der Waals surface area (Å²) < 4.78 is 33.4. The zero-order chi connectivity index (χ0) is 25.8. The van der Waals surface area contributed by atoms with Crippen LogP contribution in [0.15, 0.2) is 0 Å². The average molecular weight is 513 g/mol. The molecular formula is C24H36N2O10. The summed E-state index contributed by atoms with van der Waals surface area (Å²) in [6.07, 6.45) is 3.22. The molecule has 0 bridgehead atoms. The summed E-state index contributed by atoms with van der Waals surface area (Å²) in [5.41, 5.74) is 0. The van der Waals surface area contributed by atoms with Crippen LogP contribution in [0.2, 0.25) is 0 Å². The first-order chi connectivity index (χ1) is 17.4. The maximum Gasteiger partial charge on any atom is 0.345 e. The van der Waals surface area contributed by atoms with Gasteiger partial charge in [0.1, 0.15) is 0 Å². The lowest BCUT2D eigenvalue weighted by atomic mass is 10.2. The first-order valence-electron chi connectivity index (χ1n) is 13.0. The van der Waals surface area contributed by atoms with Gasteiger partial charge in [-0.25, -0.2) is 9.59 Å². The van der Waals surface area contributed by atoms with Gasteiger partial charge in [0, 0.05) is 25.9 Å². The van der Waals surface area contributed by atoms with Gasteiger partial charge in [-0.05, 0) is 39.5 Å². The number of nitrogens with zero attached hydrogens (tertiary/aromatic N) is 2. The highest BCUT2D eigenvalue weighted by molar-refractivity contribution is 6.03. The van der Waals surface area contributed by atoms with E-state index in [2.05, 4.69) is 0 Å². The van der Waals surface area contributed by atoms with Gasteiger partial charge in [-0.2, -0.15) is 0 Å². The van der Waals surface area contributed by atoms with Crippen LogP contribution in [0.3, 0.4) is 0 Å². The molecule has 4 fully saturated rings. The van der Waals surface area contributed by atoms with Crippen LogP contribution in [0.4, 0.5) is 0 Å². The van der Waals surface area contributed by atoms with Crippen LogP contribution >= 0.6 is 0 Å².